The van der Waals surface area contributed by atoms with Gasteiger partial charge in [0.2, 0.25) is 0 Å². The Balaban J connectivity index is 2.11. The highest BCUT2D eigenvalue weighted by Crippen LogP contribution is 2.42. The molecule has 0 aliphatic carbocycles. The van der Waals surface area contributed by atoms with Gasteiger partial charge >= 0.3 is 5.97 Å². The molecule has 4 nitrogen and oxygen atoms in total. The van der Waals surface area contributed by atoms with E-state index in [0.717, 1.165) is 5.56 Å². The van der Waals surface area contributed by atoms with Crippen LogP contribution in [0.5, 0.6) is 0 Å². The Bertz CT molecular complexity index is 824. The van der Waals surface area contributed by atoms with Crippen LogP contribution < -0.4 is 5.01 Å². The minimum Gasteiger partial charge on any atom is -0.477 e. The van der Waals surface area contributed by atoms with Gasteiger partial charge in [-0.15, -0.1) is 0 Å². The van der Waals surface area contributed by atoms with Crippen LogP contribution in [0.4, 0.5) is 10.1 Å². The number of aliphatic carboxylic acids is 1. The Hall–Kier alpha value is -2.11. The van der Waals surface area contributed by atoms with Gasteiger partial charge in [0.1, 0.15) is 5.82 Å². The molecule has 7 heteroatoms. The molecule has 0 amide bonds. The topological polar surface area (TPSA) is 52.9 Å². The van der Waals surface area contributed by atoms with Crippen LogP contribution in [0.25, 0.3) is 0 Å². The number of carboxylic acid groups (broad SMARTS) is 1. The predicted octanol–water partition coefficient (Wildman–Crippen LogP) is 4.77. The molecule has 0 spiro atoms. The Morgan fingerprint density at radius 1 is 1.21 bits per heavy atom. The maximum Gasteiger partial charge on any atom is 0.352 e. The van der Waals surface area contributed by atoms with Crippen LogP contribution in [0.15, 0.2) is 47.6 Å². The number of anilines is 1. The number of hydrogen-bond donors (Lipinski definition) is 1. The molecule has 3 rings (SSSR count). The van der Waals surface area contributed by atoms with Gasteiger partial charge in [-0.25, -0.2) is 9.18 Å². The lowest BCUT2D eigenvalue weighted by atomic mass is 9.91. The lowest BCUT2D eigenvalue weighted by Gasteiger charge is -2.27. The van der Waals surface area contributed by atoms with E-state index in [0.29, 0.717) is 15.7 Å². The van der Waals surface area contributed by atoms with E-state index in [9.17, 15) is 14.3 Å². The number of hydrazone groups is 1. The fraction of sp³-hybridized carbons (Fsp3) is 0.176. The molecular formula is C17H13Cl2FN2O2. The highest BCUT2D eigenvalue weighted by molar-refractivity contribution is 6.38. The SMILES string of the molecule is C[C@H]1C(C(=O)O)=NN(c2ccc(Cl)cc2Cl)[C@@H]1c1ccc(F)cc1. The maximum absolute atomic E-state index is 13.2. The van der Waals surface area contributed by atoms with Gasteiger partial charge in [0.15, 0.2) is 5.71 Å². The van der Waals surface area contributed by atoms with Gasteiger partial charge in [0.05, 0.1) is 16.8 Å². The van der Waals surface area contributed by atoms with Crippen molar-refractivity contribution in [3.8, 4) is 0 Å². The van der Waals surface area contributed by atoms with Gasteiger partial charge in [-0.05, 0) is 35.9 Å². The highest BCUT2D eigenvalue weighted by Gasteiger charge is 2.40. The van der Waals surface area contributed by atoms with E-state index in [-0.39, 0.29) is 11.5 Å². The number of benzene rings is 2. The van der Waals surface area contributed by atoms with Gasteiger partial charge in [0, 0.05) is 10.9 Å². The summed E-state index contributed by atoms with van der Waals surface area (Å²) in [6.07, 6.45) is 0. The molecule has 1 heterocycles. The molecule has 0 aromatic heterocycles. The van der Waals surface area contributed by atoms with Gasteiger partial charge < -0.3 is 5.11 Å². The van der Waals surface area contributed by atoms with Crippen LogP contribution in [-0.4, -0.2) is 16.8 Å². The van der Waals surface area contributed by atoms with Gasteiger partial charge in [-0.1, -0.05) is 42.3 Å². The average molecular weight is 367 g/mol. The molecule has 0 saturated carbocycles. The number of hydrogen-bond acceptors (Lipinski definition) is 3. The van der Waals surface area contributed by atoms with Crippen LogP contribution in [0.3, 0.4) is 0 Å². The minimum atomic E-state index is -1.10. The van der Waals surface area contributed by atoms with Gasteiger partial charge in [0.25, 0.3) is 0 Å². The first-order valence-corrected chi connectivity index (χ1v) is 7.95. The highest BCUT2D eigenvalue weighted by atomic mass is 35.5. The molecule has 2 aromatic carbocycles. The van der Waals surface area contributed by atoms with E-state index in [1.54, 1.807) is 42.3 Å². The number of rotatable bonds is 3. The van der Waals surface area contributed by atoms with E-state index >= 15 is 0 Å². The van der Waals surface area contributed by atoms with Crippen molar-refractivity contribution in [2.45, 2.75) is 13.0 Å². The van der Waals surface area contributed by atoms with Gasteiger partial charge in [-0.3, -0.25) is 5.01 Å². The first kappa shape index (κ1) is 16.7. The normalized spacial score (nSPS) is 20.2. The molecule has 0 radical (unpaired) electrons. The van der Waals surface area contributed by atoms with E-state index in [2.05, 4.69) is 5.10 Å². The van der Waals surface area contributed by atoms with Crippen LogP contribution in [0.2, 0.25) is 10.0 Å². The van der Waals surface area contributed by atoms with Crippen molar-refractivity contribution < 1.29 is 14.3 Å². The van der Waals surface area contributed by atoms with Crippen molar-refractivity contribution >= 4 is 40.6 Å². The summed E-state index contributed by atoms with van der Waals surface area (Å²) in [5, 5.41) is 16.0. The van der Waals surface area contributed by atoms with E-state index in [4.69, 9.17) is 23.2 Å². The number of carboxylic acids is 1. The zero-order valence-corrected chi connectivity index (χ0v) is 14.1. The van der Waals surface area contributed by atoms with Crippen LogP contribution in [0.1, 0.15) is 18.5 Å². The third-order valence-corrected chi connectivity index (χ3v) is 4.51. The van der Waals surface area contributed by atoms with Crippen molar-refractivity contribution in [2.24, 2.45) is 11.0 Å². The summed E-state index contributed by atoms with van der Waals surface area (Å²) in [6, 6.07) is 10.4. The molecule has 2 aromatic rings. The molecule has 0 fully saturated rings. The average Bonchev–Trinajstić information content (AvgIpc) is 2.86. The van der Waals surface area contributed by atoms with Gasteiger partial charge in [-0.2, -0.15) is 5.10 Å². The third kappa shape index (κ3) is 2.97. The molecule has 0 saturated heterocycles. The fourth-order valence-corrected chi connectivity index (χ4v) is 3.32. The van der Waals surface area contributed by atoms with Crippen molar-refractivity contribution in [1.29, 1.82) is 0 Å². The third-order valence-electron chi connectivity index (χ3n) is 3.97. The monoisotopic (exact) mass is 366 g/mol. The molecule has 1 aliphatic heterocycles. The van der Waals surface area contributed by atoms with Crippen molar-refractivity contribution in [3.05, 3.63) is 63.9 Å². The molecule has 1 N–H and O–H groups in total. The Labute approximate surface area is 148 Å². The summed E-state index contributed by atoms with van der Waals surface area (Å²) >= 11 is 12.2. The number of nitrogens with zero attached hydrogens (tertiary/aromatic N) is 2. The lowest BCUT2D eigenvalue weighted by Crippen LogP contribution is -2.26. The molecule has 0 unspecified atom stereocenters. The molecule has 2 atom stereocenters. The van der Waals surface area contributed by atoms with Crippen molar-refractivity contribution in [2.75, 3.05) is 5.01 Å². The Morgan fingerprint density at radius 2 is 1.88 bits per heavy atom. The smallest absolute Gasteiger partial charge is 0.352 e. The second kappa shape index (κ2) is 6.42. The largest absolute Gasteiger partial charge is 0.477 e. The summed E-state index contributed by atoms with van der Waals surface area (Å²) in [7, 11) is 0. The molecule has 0 bridgehead atoms. The Morgan fingerprint density at radius 3 is 2.46 bits per heavy atom. The molecular weight excluding hydrogens is 354 g/mol. The summed E-state index contributed by atoms with van der Waals surface area (Å²) in [6.45, 7) is 1.77. The van der Waals surface area contributed by atoms with Crippen molar-refractivity contribution in [3.63, 3.8) is 0 Å². The van der Waals surface area contributed by atoms with Crippen LogP contribution >= 0.6 is 23.2 Å². The quantitative estimate of drug-likeness (QED) is 0.850. The van der Waals surface area contributed by atoms with Crippen LogP contribution in [0, 0.1) is 11.7 Å². The minimum absolute atomic E-state index is 0.0235. The number of halogens is 3. The zero-order chi connectivity index (χ0) is 17.4. The van der Waals surface area contributed by atoms with E-state index in [1.807, 2.05) is 0 Å². The zero-order valence-electron chi connectivity index (χ0n) is 12.6. The van der Waals surface area contributed by atoms with E-state index in [1.165, 1.54) is 12.1 Å². The standard InChI is InChI=1S/C17H13Cl2FN2O2/c1-9-15(17(23)24)21-22(14-7-4-11(18)8-13(14)19)16(9)10-2-5-12(20)6-3-10/h2-9,16H,1H3,(H,23,24)/t9-,16-/m0/s1. The summed E-state index contributed by atoms with van der Waals surface area (Å²) in [5.41, 5.74) is 1.31. The van der Waals surface area contributed by atoms with Crippen molar-refractivity contribution in [1.82, 2.24) is 0 Å². The second-order valence-corrected chi connectivity index (χ2v) is 6.36. The fourth-order valence-electron chi connectivity index (χ4n) is 2.83. The lowest BCUT2D eigenvalue weighted by molar-refractivity contribution is -0.129. The first-order chi connectivity index (χ1) is 11.4. The molecule has 1 aliphatic rings. The first-order valence-electron chi connectivity index (χ1n) is 7.20. The summed E-state index contributed by atoms with van der Waals surface area (Å²) in [4.78, 5) is 11.5. The summed E-state index contributed by atoms with van der Waals surface area (Å²) in [5.74, 6) is -1.86. The maximum atomic E-state index is 13.2. The predicted molar refractivity (Wildman–Crippen MR) is 92.3 cm³/mol. The summed E-state index contributed by atoms with van der Waals surface area (Å²) < 4.78 is 13.2. The van der Waals surface area contributed by atoms with Crippen LogP contribution in [-0.2, 0) is 4.79 Å². The Kier molecular flexibility index (Phi) is 4.47. The number of carbonyl (C=O) groups is 1. The molecule has 24 heavy (non-hydrogen) atoms. The molecule has 124 valence electrons. The second-order valence-electron chi connectivity index (χ2n) is 5.52. The van der Waals surface area contributed by atoms with E-state index < -0.39 is 17.9 Å².